The Labute approximate surface area is 170 Å². The van der Waals surface area contributed by atoms with Crippen LogP contribution < -0.4 is 5.32 Å². The Morgan fingerprint density at radius 2 is 1.93 bits per heavy atom. The maximum atomic E-state index is 12.7. The number of furan rings is 2. The summed E-state index contributed by atoms with van der Waals surface area (Å²) < 4.78 is 17.1. The van der Waals surface area contributed by atoms with Crippen molar-refractivity contribution >= 4 is 16.9 Å². The van der Waals surface area contributed by atoms with Gasteiger partial charge in [-0.05, 0) is 44.0 Å². The number of hydrogen-bond donors (Lipinski definition) is 1. The number of amides is 1. The lowest BCUT2D eigenvalue weighted by Crippen LogP contribution is -2.43. The van der Waals surface area contributed by atoms with Gasteiger partial charge >= 0.3 is 0 Å². The SMILES string of the molecule is Cc1ccc(C(CNC(=O)Cc2coc3c(C)c(C)ccc23)N2CCOCC2)o1. The van der Waals surface area contributed by atoms with Crippen LogP contribution in [0.15, 0.2) is 39.4 Å². The molecule has 1 amide bonds. The minimum absolute atomic E-state index is 0.00235. The van der Waals surface area contributed by atoms with Gasteiger partial charge in [0, 0.05) is 30.6 Å². The molecule has 1 fully saturated rings. The lowest BCUT2D eigenvalue weighted by molar-refractivity contribution is -0.120. The van der Waals surface area contributed by atoms with Crippen LogP contribution in [-0.2, 0) is 16.0 Å². The molecule has 1 unspecified atom stereocenters. The summed E-state index contributed by atoms with van der Waals surface area (Å²) >= 11 is 0. The number of morpholine rings is 1. The molecule has 1 atom stereocenters. The van der Waals surface area contributed by atoms with E-state index in [1.165, 1.54) is 5.56 Å². The number of rotatable bonds is 6. The monoisotopic (exact) mass is 396 g/mol. The van der Waals surface area contributed by atoms with E-state index in [1.54, 1.807) is 6.26 Å². The van der Waals surface area contributed by atoms with Gasteiger partial charge in [0.1, 0.15) is 17.1 Å². The standard InChI is InChI=1S/C23H28N2O4/c1-15-4-6-19-18(14-28-23(19)17(15)3)12-22(26)24-13-20(21-7-5-16(2)29-21)25-8-10-27-11-9-25/h4-7,14,20H,8-13H2,1-3H3,(H,24,26). The Balaban J connectivity index is 1.45. The quantitative estimate of drug-likeness (QED) is 0.688. The van der Waals surface area contributed by atoms with Gasteiger partial charge in [-0.25, -0.2) is 0 Å². The van der Waals surface area contributed by atoms with E-state index in [2.05, 4.69) is 23.2 Å². The molecule has 0 saturated carbocycles. The zero-order chi connectivity index (χ0) is 20.4. The number of carbonyl (C=O) groups is 1. The van der Waals surface area contributed by atoms with Crippen LogP contribution in [0, 0.1) is 20.8 Å². The Morgan fingerprint density at radius 3 is 2.66 bits per heavy atom. The summed E-state index contributed by atoms with van der Waals surface area (Å²) in [7, 11) is 0. The molecule has 1 aliphatic heterocycles. The average Bonchev–Trinajstić information content (AvgIpc) is 3.33. The summed E-state index contributed by atoms with van der Waals surface area (Å²) in [6.45, 7) is 9.59. The zero-order valence-electron chi connectivity index (χ0n) is 17.3. The van der Waals surface area contributed by atoms with Gasteiger partial charge in [-0.2, -0.15) is 0 Å². The molecule has 1 aromatic carbocycles. The predicted molar refractivity (Wildman–Crippen MR) is 111 cm³/mol. The number of hydrogen-bond acceptors (Lipinski definition) is 5. The van der Waals surface area contributed by atoms with E-state index in [0.29, 0.717) is 26.2 Å². The fourth-order valence-corrected chi connectivity index (χ4v) is 3.90. The smallest absolute Gasteiger partial charge is 0.224 e. The molecule has 29 heavy (non-hydrogen) atoms. The van der Waals surface area contributed by atoms with Gasteiger partial charge < -0.3 is 18.9 Å². The Morgan fingerprint density at radius 1 is 1.14 bits per heavy atom. The van der Waals surface area contributed by atoms with Gasteiger partial charge in [0.15, 0.2) is 0 Å². The summed E-state index contributed by atoms with van der Waals surface area (Å²) in [4.78, 5) is 15.0. The largest absolute Gasteiger partial charge is 0.465 e. The van der Waals surface area contributed by atoms with E-state index in [1.807, 2.05) is 32.0 Å². The molecule has 0 aliphatic carbocycles. The summed E-state index contributed by atoms with van der Waals surface area (Å²) in [5.74, 6) is 1.73. The van der Waals surface area contributed by atoms with Gasteiger partial charge in [-0.15, -0.1) is 0 Å². The van der Waals surface area contributed by atoms with Gasteiger partial charge in [0.25, 0.3) is 0 Å². The minimum atomic E-state index is -0.0209. The number of aryl methyl sites for hydroxylation is 3. The highest BCUT2D eigenvalue weighted by Crippen LogP contribution is 2.27. The number of nitrogens with zero attached hydrogens (tertiary/aromatic N) is 1. The molecule has 1 N–H and O–H groups in total. The van der Waals surface area contributed by atoms with Crippen molar-refractivity contribution in [3.63, 3.8) is 0 Å². The fourth-order valence-electron chi connectivity index (χ4n) is 3.90. The third-order valence-corrected chi connectivity index (χ3v) is 5.76. The normalized spacial score (nSPS) is 16.2. The Kier molecular flexibility index (Phi) is 5.74. The van der Waals surface area contributed by atoms with Crippen LogP contribution >= 0.6 is 0 Å². The van der Waals surface area contributed by atoms with E-state index < -0.39 is 0 Å². The number of carbonyl (C=O) groups excluding carboxylic acids is 1. The van der Waals surface area contributed by atoms with Crippen molar-refractivity contribution in [1.82, 2.24) is 10.2 Å². The molecule has 0 radical (unpaired) electrons. The van der Waals surface area contributed by atoms with Crippen LogP contribution in [0.4, 0.5) is 0 Å². The van der Waals surface area contributed by atoms with Gasteiger partial charge in [-0.3, -0.25) is 9.69 Å². The van der Waals surface area contributed by atoms with Crippen LogP contribution in [0.2, 0.25) is 0 Å². The van der Waals surface area contributed by atoms with Gasteiger partial charge in [0.05, 0.1) is 31.9 Å². The van der Waals surface area contributed by atoms with Crippen LogP contribution in [0.5, 0.6) is 0 Å². The van der Waals surface area contributed by atoms with Crippen molar-refractivity contribution < 1.29 is 18.4 Å². The topological polar surface area (TPSA) is 67.9 Å². The van der Waals surface area contributed by atoms with E-state index in [4.69, 9.17) is 13.6 Å². The molecule has 1 aliphatic rings. The first-order valence-corrected chi connectivity index (χ1v) is 10.1. The van der Waals surface area contributed by atoms with Crippen molar-refractivity contribution in [2.45, 2.75) is 33.2 Å². The third-order valence-electron chi connectivity index (χ3n) is 5.76. The number of fused-ring (bicyclic) bond motifs is 1. The van der Waals surface area contributed by atoms with Crippen LogP contribution in [0.25, 0.3) is 11.0 Å². The summed E-state index contributed by atoms with van der Waals surface area (Å²) in [6, 6.07) is 8.07. The van der Waals surface area contributed by atoms with Gasteiger partial charge in [0.2, 0.25) is 5.91 Å². The van der Waals surface area contributed by atoms with E-state index in [9.17, 15) is 4.79 Å². The Bertz CT molecular complexity index is 998. The first-order valence-electron chi connectivity index (χ1n) is 10.1. The van der Waals surface area contributed by atoms with E-state index in [0.717, 1.165) is 46.7 Å². The molecule has 3 aromatic rings. The van der Waals surface area contributed by atoms with Crippen molar-refractivity contribution in [3.8, 4) is 0 Å². The lowest BCUT2D eigenvalue weighted by Gasteiger charge is -2.33. The number of benzene rings is 1. The maximum Gasteiger partial charge on any atom is 0.224 e. The maximum absolute atomic E-state index is 12.7. The summed E-state index contributed by atoms with van der Waals surface area (Å²) in [5, 5.41) is 4.10. The molecule has 3 heterocycles. The molecule has 2 aromatic heterocycles. The highest BCUT2D eigenvalue weighted by Gasteiger charge is 2.26. The third kappa shape index (κ3) is 4.23. The van der Waals surface area contributed by atoms with Crippen molar-refractivity contribution in [2.75, 3.05) is 32.8 Å². The molecule has 0 spiro atoms. The molecular weight excluding hydrogens is 368 g/mol. The molecule has 154 valence electrons. The lowest BCUT2D eigenvalue weighted by atomic mass is 10.0. The molecule has 1 saturated heterocycles. The number of ether oxygens (including phenoxy) is 1. The van der Waals surface area contributed by atoms with Crippen molar-refractivity contribution in [2.24, 2.45) is 0 Å². The second-order valence-corrected chi connectivity index (χ2v) is 7.74. The van der Waals surface area contributed by atoms with Crippen LogP contribution in [-0.4, -0.2) is 43.7 Å². The first-order chi connectivity index (χ1) is 14.0. The Hall–Kier alpha value is -2.57. The van der Waals surface area contributed by atoms with Crippen molar-refractivity contribution in [1.29, 1.82) is 0 Å². The summed E-state index contributed by atoms with van der Waals surface area (Å²) in [6.07, 6.45) is 1.99. The summed E-state index contributed by atoms with van der Waals surface area (Å²) in [5.41, 5.74) is 4.09. The average molecular weight is 396 g/mol. The zero-order valence-corrected chi connectivity index (χ0v) is 17.3. The van der Waals surface area contributed by atoms with Crippen molar-refractivity contribution in [3.05, 3.63) is 58.7 Å². The predicted octanol–water partition coefficient (Wildman–Crippen LogP) is 3.68. The highest BCUT2D eigenvalue weighted by molar-refractivity contribution is 5.89. The molecule has 4 rings (SSSR count). The minimum Gasteiger partial charge on any atom is -0.465 e. The van der Waals surface area contributed by atoms with E-state index in [-0.39, 0.29) is 11.9 Å². The molecular formula is C23H28N2O4. The second kappa shape index (κ2) is 8.43. The second-order valence-electron chi connectivity index (χ2n) is 7.74. The van der Waals surface area contributed by atoms with E-state index >= 15 is 0 Å². The molecule has 6 nitrogen and oxygen atoms in total. The molecule has 0 bridgehead atoms. The first kappa shape index (κ1) is 19.7. The fraction of sp³-hybridized carbons (Fsp3) is 0.435. The van der Waals surface area contributed by atoms with Crippen LogP contribution in [0.3, 0.4) is 0 Å². The molecule has 6 heteroatoms. The van der Waals surface area contributed by atoms with Crippen LogP contribution in [0.1, 0.15) is 34.3 Å². The van der Waals surface area contributed by atoms with Gasteiger partial charge in [-0.1, -0.05) is 12.1 Å². The number of nitrogens with one attached hydrogen (secondary N) is 1. The highest BCUT2D eigenvalue weighted by atomic mass is 16.5.